The van der Waals surface area contributed by atoms with E-state index in [4.69, 9.17) is 11.6 Å². The normalized spacial score (nSPS) is 18.2. The molecule has 6 nitrogen and oxygen atoms in total. The number of likely N-dealkylation sites (N-methyl/N-ethyl adjacent to an activating group) is 1. The number of carbonyl (C=O) groups is 2. The van der Waals surface area contributed by atoms with Gasteiger partial charge in [-0.25, -0.2) is 0 Å². The van der Waals surface area contributed by atoms with Gasteiger partial charge in [-0.1, -0.05) is 53.5 Å². The number of aromatic hydroxyl groups is 1. The molecular formula is C23H24BrClN2O4. The quantitative estimate of drug-likeness (QED) is 0.326. The lowest BCUT2D eigenvalue weighted by atomic mass is 9.95. The molecule has 1 fully saturated rings. The van der Waals surface area contributed by atoms with Crippen LogP contribution in [-0.4, -0.2) is 57.9 Å². The van der Waals surface area contributed by atoms with E-state index in [2.05, 4.69) is 20.8 Å². The average molecular weight is 508 g/mol. The van der Waals surface area contributed by atoms with Crippen LogP contribution in [0.2, 0.25) is 5.02 Å². The fraction of sp³-hybridized carbons (Fsp3) is 0.304. The van der Waals surface area contributed by atoms with Gasteiger partial charge in [-0.15, -0.1) is 0 Å². The van der Waals surface area contributed by atoms with E-state index in [0.717, 1.165) is 13.1 Å². The van der Waals surface area contributed by atoms with E-state index in [1.165, 1.54) is 17.0 Å². The molecule has 2 aromatic carbocycles. The van der Waals surface area contributed by atoms with Crippen LogP contribution in [-0.2, 0) is 9.59 Å². The highest BCUT2D eigenvalue weighted by molar-refractivity contribution is 9.10. The van der Waals surface area contributed by atoms with Crippen molar-refractivity contribution in [3.63, 3.8) is 0 Å². The summed E-state index contributed by atoms with van der Waals surface area (Å²) in [4.78, 5) is 29.6. The number of nitrogens with zero attached hydrogens (tertiary/aromatic N) is 2. The Labute approximate surface area is 194 Å². The van der Waals surface area contributed by atoms with Crippen LogP contribution in [0, 0.1) is 0 Å². The van der Waals surface area contributed by atoms with Gasteiger partial charge in [-0.3, -0.25) is 9.59 Å². The van der Waals surface area contributed by atoms with Gasteiger partial charge in [0.2, 0.25) is 0 Å². The highest BCUT2D eigenvalue weighted by atomic mass is 79.9. The topological polar surface area (TPSA) is 81.1 Å². The van der Waals surface area contributed by atoms with Gasteiger partial charge in [-0.05, 0) is 49.0 Å². The number of aliphatic hydroxyl groups excluding tert-OH is 1. The molecule has 8 heteroatoms. The highest BCUT2D eigenvalue weighted by Crippen LogP contribution is 2.41. The summed E-state index contributed by atoms with van der Waals surface area (Å²) in [6.45, 7) is 6.61. The van der Waals surface area contributed by atoms with Gasteiger partial charge in [0.15, 0.2) is 0 Å². The van der Waals surface area contributed by atoms with Crippen LogP contribution in [0.5, 0.6) is 5.75 Å². The van der Waals surface area contributed by atoms with E-state index in [9.17, 15) is 19.8 Å². The minimum Gasteiger partial charge on any atom is -0.507 e. The largest absolute Gasteiger partial charge is 0.507 e. The van der Waals surface area contributed by atoms with Gasteiger partial charge in [0.05, 0.1) is 17.2 Å². The van der Waals surface area contributed by atoms with Crippen molar-refractivity contribution in [2.45, 2.75) is 19.9 Å². The van der Waals surface area contributed by atoms with E-state index < -0.39 is 23.5 Å². The van der Waals surface area contributed by atoms with Crippen LogP contribution >= 0.6 is 27.5 Å². The molecule has 3 rings (SSSR count). The minimum atomic E-state index is -0.786. The number of carbonyl (C=O) groups excluding carboxylic acids is 2. The molecule has 2 N–H and O–H groups in total. The molecule has 31 heavy (non-hydrogen) atoms. The number of rotatable bonds is 7. The molecular weight excluding hydrogens is 484 g/mol. The second-order valence-electron chi connectivity index (χ2n) is 7.23. The molecule has 0 aromatic heterocycles. The van der Waals surface area contributed by atoms with Crippen LogP contribution in [0.15, 0.2) is 52.5 Å². The van der Waals surface area contributed by atoms with Crippen molar-refractivity contribution in [1.82, 2.24) is 9.80 Å². The smallest absolute Gasteiger partial charge is 0.295 e. The molecule has 1 aliphatic rings. The molecule has 0 radical (unpaired) electrons. The molecule has 164 valence electrons. The van der Waals surface area contributed by atoms with Crippen molar-refractivity contribution >= 4 is 45.0 Å². The number of hydrogen-bond acceptors (Lipinski definition) is 5. The molecule has 0 bridgehead atoms. The van der Waals surface area contributed by atoms with Crippen LogP contribution in [0.4, 0.5) is 0 Å². The first-order valence-electron chi connectivity index (χ1n) is 10.0. The molecule has 0 unspecified atom stereocenters. The van der Waals surface area contributed by atoms with Crippen molar-refractivity contribution in [2.75, 3.05) is 26.2 Å². The first-order chi connectivity index (χ1) is 14.8. The van der Waals surface area contributed by atoms with Crippen molar-refractivity contribution in [2.24, 2.45) is 0 Å². The fourth-order valence-corrected chi connectivity index (χ4v) is 4.22. The van der Waals surface area contributed by atoms with Crippen molar-refractivity contribution in [3.8, 4) is 5.75 Å². The summed E-state index contributed by atoms with van der Waals surface area (Å²) < 4.78 is 0.616. The zero-order valence-electron chi connectivity index (χ0n) is 17.3. The second kappa shape index (κ2) is 9.85. The first kappa shape index (κ1) is 23.3. The van der Waals surface area contributed by atoms with Crippen LogP contribution in [0.1, 0.15) is 31.0 Å². The number of likely N-dealkylation sites (tertiary alicyclic amines) is 1. The lowest BCUT2D eigenvalue weighted by Crippen LogP contribution is -2.38. The summed E-state index contributed by atoms with van der Waals surface area (Å²) in [6.07, 6.45) is 0. The molecule has 1 amide bonds. The zero-order chi connectivity index (χ0) is 22.7. The molecule has 1 aliphatic heterocycles. The third-order valence-corrected chi connectivity index (χ3v) is 6.24. The Morgan fingerprint density at radius 1 is 1.13 bits per heavy atom. The predicted octanol–water partition coefficient (Wildman–Crippen LogP) is 4.57. The standard InChI is InChI=1S/C23H24BrClN2O4/c1-3-26(4-2)11-12-27-20(14-5-8-16(25)9-6-14)19(22(30)23(27)31)21(29)17-13-15(24)7-10-18(17)28/h5-10,13,20,28-29H,3-4,11-12H2,1-2H3/t20-/m0/s1. The van der Waals surface area contributed by atoms with Gasteiger partial charge in [0.25, 0.3) is 11.7 Å². The van der Waals surface area contributed by atoms with E-state index >= 15 is 0 Å². The minimum absolute atomic E-state index is 0.0553. The maximum absolute atomic E-state index is 13.0. The summed E-state index contributed by atoms with van der Waals surface area (Å²) >= 11 is 9.34. The van der Waals surface area contributed by atoms with Gasteiger partial charge < -0.3 is 20.0 Å². The van der Waals surface area contributed by atoms with Crippen LogP contribution in [0.3, 0.4) is 0 Å². The number of halogens is 2. The van der Waals surface area contributed by atoms with Crippen LogP contribution < -0.4 is 0 Å². The maximum Gasteiger partial charge on any atom is 0.295 e. The van der Waals surface area contributed by atoms with E-state index in [-0.39, 0.29) is 16.9 Å². The van der Waals surface area contributed by atoms with Gasteiger partial charge in [0, 0.05) is 22.6 Å². The van der Waals surface area contributed by atoms with Gasteiger partial charge >= 0.3 is 0 Å². The van der Waals surface area contributed by atoms with Crippen molar-refractivity contribution in [1.29, 1.82) is 0 Å². The Balaban J connectivity index is 2.13. The van der Waals surface area contributed by atoms with E-state index in [0.29, 0.717) is 28.1 Å². The second-order valence-corrected chi connectivity index (χ2v) is 8.58. The Bertz CT molecular complexity index is 1020. The molecule has 1 atom stereocenters. The first-order valence-corrected chi connectivity index (χ1v) is 11.2. The highest BCUT2D eigenvalue weighted by Gasteiger charge is 2.46. The fourth-order valence-electron chi connectivity index (χ4n) is 3.73. The summed E-state index contributed by atoms with van der Waals surface area (Å²) in [5.41, 5.74) is 0.675. The Morgan fingerprint density at radius 2 is 1.77 bits per heavy atom. The Morgan fingerprint density at radius 3 is 2.39 bits per heavy atom. The van der Waals surface area contributed by atoms with E-state index in [1.54, 1.807) is 30.3 Å². The Kier molecular flexibility index (Phi) is 7.41. The van der Waals surface area contributed by atoms with Crippen molar-refractivity contribution in [3.05, 3.63) is 68.7 Å². The SMILES string of the molecule is CCN(CC)CCN1C(=O)C(=O)C(=C(O)c2cc(Br)ccc2O)[C@@H]1c1ccc(Cl)cc1. The summed E-state index contributed by atoms with van der Waals surface area (Å²) in [5, 5.41) is 21.8. The number of Topliss-reactive ketones (excluding diaryl/α,β-unsaturated/α-hetero) is 1. The zero-order valence-corrected chi connectivity index (χ0v) is 19.7. The number of phenolic OH excluding ortho intramolecular Hbond substituents is 1. The summed E-state index contributed by atoms with van der Waals surface area (Å²) in [6, 6.07) is 10.6. The Hall–Kier alpha value is -2.35. The number of phenols is 1. The third kappa shape index (κ3) is 4.79. The molecule has 0 spiro atoms. The number of amides is 1. The molecule has 1 heterocycles. The number of benzene rings is 2. The molecule has 0 aliphatic carbocycles. The number of ketones is 1. The maximum atomic E-state index is 13.0. The molecule has 1 saturated heterocycles. The van der Waals surface area contributed by atoms with E-state index in [1.807, 2.05) is 13.8 Å². The van der Waals surface area contributed by atoms with Crippen LogP contribution in [0.25, 0.3) is 5.76 Å². The van der Waals surface area contributed by atoms with Gasteiger partial charge in [-0.2, -0.15) is 0 Å². The lowest BCUT2D eigenvalue weighted by molar-refractivity contribution is -0.140. The summed E-state index contributed by atoms with van der Waals surface area (Å²) in [5.74, 6) is -2.06. The lowest BCUT2D eigenvalue weighted by Gasteiger charge is -2.28. The predicted molar refractivity (Wildman–Crippen MR) is 124 cm³/mol. The summed E-state index contributed by atoms with van der Waals surface area (Å²) in [7, 11) is 0. The molecule has 2 aromatic rings. The number of aliphatic hydroxyl groups is 1. The molecule has 0 saturated carbocycles. The van der Waals surface area contributed by atoms with Gasteiger partial charge in [0.1, 0.15) is 11.5 Å². The van der Waals surface area contributed by atoms with Crippen molar-refractivity contribution < 1.29 is 19.8 Å². The average Bonchev–Trinajstić information content (AvgIpc) is 3.01. The third-order valence-electron chi connectivity index (χ3n) is 5.49. The monoisotopic (exact) mass is 506 g/mol. The number of hydrogen-bond donors (Lipinski definition) is 2.